The molecule has 1 atom stereocenters. The number of benzene rings is 1. The van der Waals surface area contributed by atoms with Crippen molar-refractivity contribution in [1.82, 2.24) is 0 Å². The molecule has 2 heteroatoms. The lowest BCUT2D eigenvalue weighted by molar-refractivity contribution is 0.588. The quantitative estimate of drug-likeness (QED) is 0.324. The minimum Gasteiger partial charge on any atom is -0.0839 e. The second kappa shape index (κ2) is 9.18. The summed E-state index contributed by atoms with van der Waals surface area (Å²) in [7, 11) is 0. The van der Waals surface area contributed by atoms with Gasteiger partial charge >= 0.3 is 0 Å². The molecule has 0 amide bonds. The predicted octanol–water partition coefficient (Wildman–Crippen LogP) is 7.25. The van der Waals surface area contributed by atoms with E-state index in [0.29, 0.717) is 4.83 Å². The third-order valence-electron chi connectivity index (χ3n) is 3.70. The van der Waals surface area contributed by atoms with Crippen molar-refractivity contribution >= 4 is 31.9 Å². The summed E-state index contributed by atoms with van der Waals surface area (Å²) < 4.78 is 1.22. The van der Waals surface area contributed by atoms with Crippen molar-refractivity contribution in [2.45, 2.75) is 70.5 Å². The molecule has 0 radical (unpaired) electrons. The highest BCUT2D eigenvalue weighted by atomic mass is 79.9. The molecule has 0 N–H and O–H groups in total. The van der Waals surface area contributed by atoms with E-state index in [1.807, 2.05) is 0 Å². The molecule has 1 aromatic carbocycles. The Balaban J connectivity index is 2.41. The summed E-state index contributed by atoms with van der Waals surface area (Å²) in [5.74, 6) is 0. The lowest BCUT2D eigenvalue weighted by atomic mass is 9.99. The molecule has 1 aromatic rings. The van der Waals surface area contributed by atoms with Gasteiger partial charge in [-0.1, -0.05) is 83.4 Å². The molecule has 0 fully saturated rings. The first-order chi connectivity index (χ1) is 9.06. The highest BCUT2D eigenvalue weighted by Gasteiger charge is 2.11. The van der Waals surface area contributed by atoms with E-state index in [9.17, 15) is 0 Å². The monoisotopic (exact) mass is 388 g/mol. The van der Waals surface area contributed by atoms with Crippen LogP contribution in [-0.2, 0) is 0 Å². The van der Waals surface area contributed by atoms with Gasteiger partial charge in [-0.25, -0.2) is 0 Å². The lowest BCUT2D eigenvalue weighted by Gasteiger charge is -2.15. The Morgan fingerprint density at radius 3 is 2.26 bits per heavy atom. The smallest absolute Gasteiger partial charge is 0.0398 e. The van der Waals surface area contributed by atoms with Gasteiger partial charge in [-0.2, -0.15) is 0 Å². The van der Waals surface area contributed by atoms with Crippen LogP contribution < -0.4 is 0 Å². The van der Waals surface area contributed by atoms with Crippen LogP contribution >= 0.6 is 31.9 Å². The summed E-state index contributed by atoms with van der Waals surface area (Å²) in [5, 5.41) is 0. The lowest BCUT2D eigenvalue weighted by Crippen LogP contribution is -1.96. The summed E-state index contributed by atoms with van der Waals surface area (Å²) in [6.07, 6.45) is 9.46. The zero-order valence-corrected chi connectivity index (χ0v) is 15.6. The van der Waals surface area contributed by atoms with E-state index in [0.717, 1.165) is 0 Å². The maximum absolute atomic E-state index is 3.86. The van der Waals surface area contributed by atoms with Crippen LogP contribution in [0.1, 0.15) is 73.4 Å². The van der Waals surface area contributed by atoms with Crippen LogP contribution in [0.15, 0.2) is 16.6 Å². The van der Waals surface area contributed by atoms with Gasteiger partial charge < -0.3 is 0 Å². The molecular weight excluding hydrogens is 364 g/mol. The Morgan fingerprint density at radius 1 is 0.947 bits per heavy atom. The molecule has 0 aliphatic carbocycles. The molecule has 19 heavy (non-hydrogen) atoms. The van der Waals surface area contributed by atoms with E-state index in [2.05, 4.69) is 64.8 Å². The fraction of sp³-hybridized carbons (Fsp3) is 0.647. The Hall–Kier alpha value is 0.180. The molecule has 0 heterocycles. The van der Waals surface area contributed by atoms with Crippen molar-refractivity contribution in [3.8, 4) is 0 Å². The first-order valence-corrected chi connectivity index (χ1v) is 9.17. The molecular formula is C17H26Br2. The van der Waals surface area contributed by atoms with Crippen molar-refractivity contribution < 1.29 is 0 Å². The molecule has 0 aliphatic heterocycles. The molecule has 0 spiro atoms. The van der Waals surface area contributed by atoms with Crippen LogP contribution in [0.4, 0.5) is 0 Å². The number of unbranched alkanes of at least 4 members (excludes halogenated alkanes) is 5. The SMILES string of the molecule is CCCCCCCCC(Br)c1cc(C)c(Br)cc1C. The number of hydrogen-bond donors (Lipinski definition) is 0. The fourth-order valence-electron chi connectivity index (χ4n) is 2.40. The zero-order chi connectivity index (χ0) is 14.3. The van der Waals surface area contributed by atoms with Crippen molar-refractivity contribution in [2.75, 3.05) is 0 Å². The molecule has 1 unspecified atom stereocenters. The van der Waals surface area contributed by atoms with E-state index >= 15 is 0 Å². The number of hydrogen-bond acceptors (Lipinski definition) is 0. The summed E-state index contributed by atoms with van der Waals surface area (Å²) in [5.41, 5.74) is 4.16. The average molecular weight is 390 g/mol. The van der Waals surface area contributed by atoms with Crippen molar-refractivity contribution in [1.29, 1.82) is 0 Å². The molecule has 0 bridgehead atoms. The Morgan fingerprint density at radius 2 is 1.58 bits per heavy atom. The van der Waals surface area contributed by atoms with Gasteiger partial charge in [0.25, 0.3) is 0 Å². The predicted molar refractivity (Wildman–Crippen MR) is 93.3 cm³/mol. The van der Waals surface area contributed by atoms with Crippen LogP contribution in [-0.4, -0.2) is 0 Å². The van der Waals surface area contributed by atoms with Gasteiger partial charge in [-0.15, -0.1) is 0 Å². The van der Waals surface area contributed by atoms with Gasteiger partial charge in [0.1, 0.15) is 0 Å². The molecule has 0 aromatic heterocycles. The van der Waals surface area contributed by atoms with Gasteiger partial charge in [0.2, 0.25) is 0 Å². The van der Waals surface area contributed by atoms with Crippen molar-refractivity contribution in [3.63, 3.8) is 0 Å². The summed E-state index contributed by atoms with van der Waals surface area (Å²) in [6.45, 7) is 6.64. The number of halogens is 2. The van der Waals surface area contributed by atoms with Crippen LogP contribution in [0.25, 0.3) is 0 Å². The van der Waals surface area contributed by atoms with E-state index in [4.69, 9.17) is 0 Å². The summed E-state index contributed by atoms with van der Waals surface area (Å²) in [6, 6.07) is 4.55. The topological polar surface area (TPSA) is 0 Å². The van der Waals surface area contributed by atoms with Gasteiger partial charge in [-0.05, 0) is 43.0 Å². The third kappa shape index (κ3) is 5.99. The van der Waals surface area contributed by atoms with Crippen LogP contribution in [0.5, 0.6) is 0 Å². The van der Waals surface area contributed by atoms with Gasteiger partial charge in [-0.3, -0.25) is 0 Å². The number of alkyl halides is 1. The van der Waals surface area contributed by atoms with E-state index < -0.39 is 0 Å². The zero-order valence-electron chi connectivity index (χ0n) is 12.4. The largest absolute Gasteiger partial charge is 0.0839 e. The molecule has 108 valence electrons. The summed E-state index contributed by atoms with van der Waals surface area (Å²) in [4.78, 5) is 0.505. The van der Waals surface area contributed by atoms with E-state index in [1.54, 1.807) is 0 Å². The normalized spacial score (nSPS) is 12.7. The van der Waals surface area contributed by atoms with Crippen LogP contribution in [0.3, 0.4) is 0 Å². The van der Waals surface area contributed by atoms with Gasteiger partial charge in [0.05, 0.1) is 0 Å². The standard InChI is InChI=1S/C17H26Br2/c1-4-5-6-7-8-9-10-16(18)15-11-14(3)17(19)12-13(15)2/h11-12,16H,4-10H2,1-3H3. The maximum Gasteiger partial charge on any atom is 0.0398 e. The van der Waals surface area contributed by atoms with Crippen molar-refractivity contribution in [2.24, 2.45) is 0 Å². The second-order valence-corrected chi connectivity index (χ2v) is 7.44. The second-order valence-electron chi connectivity index (χ2n) is 5.48. The van der Waals surface area contributed by atoms with Crippen LogP contribution in [0.2, 0.25) is 0 Å². The first kappa shape index (κ1) is 17.2. The molecule has 0 aliphatic rings. The maximum atomic E-state index is 3.86. The minimum absolute atomic E-state index is 0.505. The number of aryl methyl sites for hydroxylation is 2. The Kier molecular flexibility index (Phi) is 8.32. The first-order valence-electron chi connectivity index (χ1n) is 7.47. The minimum atomic E-state index is 0.505. The fourth-order valence-corrected chi connectivity index (χ4v) is 3.67. The van der Waals surface area contributed by atoms with E-state index in [-0.39, 0.29) is 0 Å². The Labute approximate surface area is 135 Å². The third-order valence-corrected chi connectivity index (χ3v) is 5.50. The molecule has 0 saturated heterocycles. The Bertz CT molecular complexity index is 385. The molecule has 1 rings (SSSR count). The van der Waals surface area contributed by atoms with Gasteiger partial charge in [0, 0.05) is 9.30 Å². The average Bonchev–Trinajstić information content (AvgIpc) is 2.37. The number of rotatable bonds is 8. The van der Waals surface area contributed by atoms with Crippen molar-refractivity contribution in [3.05, 3.63) is 33.3 Å². The van der Waals surface area contributed by atoms with E-state index in [1.165, 1.54) is 66.1 Å². The highest BCUT2D eigenvalue weighted by molar-refractivity contribution is 9.10. The van der Waals surface area contributed by atoms with Gasteiger partial charge in [0.15, 0.2) is 0 Å². The summed E-state index contributed by atoms with van der Waals surface area (Å²) >= 11 is 7.46. The molecule has 0 saturated carbocycles. The molecule has 0 nitrogen and oxygen atoms in total. The van der Waals surface area contributed by atoms with Crippen LogP contribution in [0, 0.1) is 13.8 Å². The highest BCUT2D eigenvalue weighted by Crippen LogP contribution is 2.33.